The Kier molecular flexibility index (Phi) is 7.23. The van der Waals surface area contributed by atoms with Gasteiger partial charge in [-0.25, -0.2) is 15.0 Å². The molecule has 0 radical (unpaired) electrons. The molecular weight excluding hydrogens is 703 g/mol. The van der Waals surface area contributed by atoms with E-state index < -0.39 is 0 Å². The van der Waals surface area contributed by atoms with E-state index in [9.17, 15) is 0 Å². The van der Waals surface area contributed by atoms with Crippen molar-refractivity contribution in [3.8, 4) is 45.3 Å². The molecule has 3 nitrogen and oxygen atoms in total. The average molecular weight is 736 g/mol. The molecule has 1 aromatic heterocycles. The topological polar surface area (TPSA) is 38.7 Å². The molecular formula is C55H33N3. The van der Waals surface area contributed by atoms with Gasteiger partial charge in [0.1, 0.15) is 0 Å². The van der Waals surface area contributed by atoms with Gasteiger partial charge in [0.2, 0.25) is 0 Å². The molecule has 268 valence electrons. The van der Waals surface area contributed by atoms with Crippen molar-refractivity contribution in [2.75, 3.05) is 0 Å². The Morgan fingerprint density at radius 3 is 1.09 bits per heavy atom. The van der Waals surface area contributed by atoms with E-state index >= 15 is 0 Å². The SMILES string of the molecule is c1ccc(-c2nc(-c3ccccc3)nc(-c3ccc4c5ccc(-c6cc7c8ccccc8c8ccccc8c7c7ccccc67)cc5c5ccccc5c4c3)n2)cc1. The van der Waals surface area contributed by atoms with Gasteiger partial charge in [-0.15, -0.1) is 0 Å². The van der Waals surface area contributed by atoms with Gasteiger partial charge >= 0.3 is 0 Å². The van der Waals surface area contributed by atoms with Crippen molar-refractivity contribution in [2.45, 2.75) is 0 Å². The summed E-state index contributed by atoms with van der Waals surface area (Å²) in [5.41, 5.74) is 5.31. The summed E-state index contributed by atoms with van der Waals surface area (Å²) in [4.78, 5) is 15.0. The number of hydrogen-bond donors (Lipinski definition) is 0. The molecule has 0 fully saturated rings. The minimum atomic E-state index is 0.651. The molecule has 11 aromatic carbocycles. The second kappa shape index (κ2) is 12.9. The van der Waals surface area contributed by atoms with Crippen LogP contribution in [-0.2, 0) is 0 Å². The lowest BCUT2D eigenvalue weighted by Gasteiger charge is -2.17. The molecule has 0 atom stereocenters. The summed E-state index contributed by atoms with van der Waals surface area (Å²) in [5, 5.41) is 17.5. The zero-order chi connectivity index (χ0) is 38.2. The highest BCUT2D eigenvalue weighted by Gasteiger charge is 2.18. The van der Waals surface area contributed by atoms with E-state index in [1.54, 1.807) is 0 Å². The van der Waals surface area contributed by atoms with Crippen molar-refractivity contribution < 1.29 is 0 Å². The largest absolute Gasteiger partial charge is 0.208 e. The minimum Gasteiger partial charge on any atom is -0.208 e. The van der Waals surface area contributed by atoms with Crippen LogP contribution in [0.2, 0.25) is 0 Å². The van der Waals surface area contributed by atoms with Gasteiger partial charge in [-0.1, -0.05) is 182 Å². The van der Waals surface area contributed by atoms with E-state index in [0.717, 1.165) is 16.7 Å². The standard InChI is InChI=1S/C55H33N3/c1-3-15-34(16-4-1)53-56-54(35-17-5-2-6-18-35)58-55(57-53)37-28-30-45-44-29-27-36(31-49(44)40-21-8-9-22-41(40)50(45)32-37)48-33-51-42-23-10-7-19-38(42)39-20-11-13-25-46(39)52(51)47-26-14-12-24-43(47)48/h1-33H. The molecule has 0 aliphatic carbocycles. The van der Waals surface area contributed by atoms with E-state index in [2.05, 4.69) is 140 Å². The zero-order valence-corrected chi connectivity index (χ0v) is 31.4. The lowest BCUT2D eigenvalue weighted by atomic mass is 9.86. The maximum absolute atomic E-state index is 5.05. The smallest absolute Gasteiger partial charge is 0.164 e. The predicted octanol–water partition coefficient (Wildman–Crippen LogP) is 14.6. The fourth-order valence-electron chi connectivity index (χ4n) is 9.21. The quantitative estimate of drug-likeness (QED) is 0.169. The molecule has 12 rings (SSSR count). The molecule has 58 heavy (non-hydrogen) atoms. The van der Waals surface area contributed by atoms with Crippen molar-refractivity contribution in [2.24, 2.45) is 0 Å². The lowest BCUT2D eigenvalue weighted by molar-refractivity contribution is 1.07. The number of aromatic nitrogens is 3. The molecule has 1 heterocycles. The maximum Gasteiger partial charge on any atom is 0.164 e. The third-order valence-electron chi connectivity index (χ3n) is 11.9. The summed E-state index contributed by atoms with van der Waals surface area (Å²) < 4.78 is 0. The number of hydrogen-bond acceptors (Lipinski definition) is 3. The number of fused-ring (bicyclic) bond motifs is 14. The summed E-state index contributed by atoms with van der Waals surface area (Å²) in [7, 11) is 0. The van der Waals surface area contributed by atoms with Gasteiger partial charge in [0.25, 0.3) is 0 Å². The Labute approximate surface area is 334 Å². The summed E-state index contributed by atoms with van der Waals surface area (Å²) >= 11 is 0. The van der Waals surface area contributed by atoms with Crippen LogP contribution in [0.15, 0.2) is 200 Å². The van der Waals surface area contributed by atoms with Crippen LogP contribution in [0.25, 0.3) is 121 Å². The van der Waals surface area contributed by atoms with E-state index in [0.29, 0.717) is 17.5 Å². The van der Waals surface area contributed by atoms with Gasteiger partial charge in [-0.3, -0.25) is 0 Å². The Morgan fingerprint density at radius 1 is 0.207 bits per heavy atom. The molecule has 0 N–H and O–H groups in total. The molecule has 0 saturated heterocycles. The van der Waals surface area contributed by atoms with E-state index in [4.69, 9.17) is 15.0 Å². The third kappa shape index (κ3) is 5.04. The van der Waals surface area contributed by atoms with Crippen LogP contribution in [0.5, 0.6) is 0 Å². The van der Waals surface area contributed by atoms with E-state index in [1.807, 2.05) is 60.7 Å². The first kappa shape index (κ1) is 32.5. The fourth-order valence-corrected chi connectivity index (χ4v) is 9.21. The minimum absolute atomic E-state index is 0.651. The summed E-state index contributed by atoms with van der Waals surface area (Å²) in [6.45, 7) is 0. The van der Waals surface area contributed by atoms with Gasteiger partial charge in [-0.05, 0) is 105 Å². The molecule has 0 unspecified atom stereocenters. The normalized spacial score (nSPS) is 11.8. The van der Waals surface area contributed by atoms with Crippen molar-refractivity contribution >= 4 is 75.4 Å². The molecule has 0 saturated carbocycles. The van der Waals surface area contributed by atoms with Crippen LogP contribution >= 0.6 is 0 Å². The highest BCUT2D eigenvalue weighted by Crippen LogP contribution is 2.44. The summed E-state index contributed by atoms with van der Waals surface area (Å²) in [5.74, 6) is 1.96. The van der Waals surface area contributed by atoms with Gasteiger partial charge in [-0.2, -0.15) is 0 Å². The Hall–Kier alpha value is -7.75. The van der Waals surface area contributed by atoms with Gasteiger partial charge in [0.15, 0.2) is 17.5 Å². The first-order valence-corrected chi connectivity index (χ1v) is 19.8. The van der Waals surface area contributed by atoms with E-state index in [1.165, 1.54) is 86.5 Å². The average Bonchev–Trinajstić information content (AvgIpc) is 3.31. The number of benzene rings is 11. The molecule has 0 amide bonds. The predicted molar refractivity (Wildman–Crippen MR) is 244 cm³/mol. The first-order valence-electron chi connectivity index (χ1n) is 19.8. The highest BCUT2D eigenvalue weighted by molar-refractivity contribution is 6.33. The third-order valence-corrected chi connectivity index (χ3v) is 11.9. The second-order valence-electron chi connectivity index (χ2n) is 15.1. The maximum atomic E-state index is 5.05. The number of nitrogens with zero attached hydrogens (tertiary/aromatic N) is 3. The zero-order valence-electron chi connectivity index (χ0n) is 31.4. The van der Waals surface area contributed by atoms with Crippen LogP contribution < -0.4 is 0 Å². The fraction of sp³-hybridized carbons (Fsp3) is 0. The van der Waals surface area contributed by atoms with Crippen molar-refractivity contribution in [1.29, 1.82) is 0 Å². The monoisotopic (exact) mass is 735 g/mol. The van der Waals surface area contributed by atoms with Gasteiger partial charge in [0.05, 0.1) is 0 Å². The molecule has 0 spiro atoms. The van der Waals surface area contributed by atoms with E-state index in [-0.39, 0.29) is 0 Å². The Morgan fingerprint density at radius 2 is 0.552 bits per heavy atom. The first-order chi connectivity index (χ1) is 28.8. The number of rotatable bonds is 4. The van der Waals surface area contributed by atoms with Crippen LogP contribution in [0, 0.1) is 0 Å². The van der Waals surface area contributed by atoms with Crippen molar-refractivity contribution in [3.63, 3.8) is 0 Å². The van der Waals surface area contributed by atoms with Crippen LogP contribution in [-0.4, -0.2) is 15.0 Å². The van der Waals surface area contributed by atoms with Crippen LogP contribution in [0.3, 0.4) is 0 Å². The van der Waals surface area contributed by atoms with Crippen molar-refractivity contribution in [1.82, 2.24) is 15.0 Å². The summed E-state index contributed by atoms with van der Waals surface area (Å²) in [6.07, 6.45) is 0. The van der Waals surface area contributed by atoms with Crippen molar-refractivity contribution in [3.05, 3.63) is 200 Å². The molecule has 0 bridgehead atoms. The molecule has 0 aliphatic rings. The Balaban J connectivity index is 1.08. The highest BCUT2D eigenvalue weighted by atomic mass is 15.0. The lowest BCUT2D eigenvalue weighted by Crippen LogP contribution is -2.00. The molecule has 0 aliphatic heterocycles. The molecule has 3 heteroatoms. The van der Waals surface area contributed by atoms with Crippen LogP contribution in [0.4, 0.5) is 0 Å². The summed E-state index contributed by atoms with van der Waals surface area (Å²) in [6, 6.07) is 71.9. The molecule has 12 aromatic rings. The second-order valence-corrected chi connectivity index (χ2v) is 15.1. The van der Waals surface area contributed by atoms with Gasteiger partial charge < -0.3 is 0 Å². The van der Waals surface area contributed by atoms with Crippen LogP contribution in [0.1, 0.15) is 0 Å². The van der Waals surface area contributed by atoms with Gasteiger partial charge in [0, 0.05) is 16.7 Å². The Bertz CT molecular complexity index is 3530.